The third-order valence-electron chi connectivity index (χ3n) is 6.22. The molecule has 1 spiro atoms. The van der Waals surface area contributed by atoms with Gasteiger partial charge in [-0.05, 0) is 49.4 Å². The third-order valence-corrected chi connectivity index (χ3v) is 6.22. The first-order valence-electron chi connectivity index (χ1n) is 10.1. The lowest BCUT2D eigenvalue weighted by Gasteiger charge is -2.44. The number of H-pyrrole nitrogens is 1. The van der Waals surface area contributed by atoms with E-state index in [9.17, 15) is 9.59 Å². The number of fused-ring (bicyclic) bond motifs is 1. The Bertz CT molecular complexity index is 1060. The molecule has 3 heterocycles. The highest BCUT2D eigenvalue weighted by Gasteiger charge is 2.52. The zero-order valence-corrected chi connectivity index (χ0v) is 16.2. The van der Waals surface area contributed by atoms with Crippen molar-refractivity contribution in [1.29, 1.82) is 0 Å². The van der Waals surface area contributed by atoms with E-state index in [1.54, 1.807) is 18.2 Å². The molecule has 2 aromatic carbocycles. The summed E-state index contributed by atoms with van der Waals surface area (Å²) >= 11 is 0. The Morgan fingerprint density at radius 2 is 1.76 bits per heavy atom. The van der Waals surface area contributed by atoms with Crippen molar-refractivity contribution >= 4 is 22.8 Å². The molecule has 148 valence electrons. The average molecular weight is 389 g/mol. The molecule has 1 unspecified atom stereocenters. The maximum atomic E-state index is 13.6. The van der Waals surface area contributed by atoms with Gasteiger partial charge in [-0.3, -0.25) is 9.59 Å². The highest BCUT2D eigenvalue weighted by atomic mass is 16.2. The van der Waals surface area contributed by atoms with E-state index >= 15 is 0 Å². The zero-order valence-electron chi connectivity index (χ0n) is 16.2. The maximum absolute atomic E-state index is 13.6. The van der Waals surface area contributed by atoms with E-state index in [1.165, 1.54) is 0 Å². The molecule has 2 amide bonds. The van der Waals surface area contributed by atoms with Crippen LogP contribution in [0.15, 0.2) is 48.5 Å². The molecule has 29 heavy (non-hydrogen) atoms. The number of amides is 2. The van der Waals surface area contributed by atoms with Gasteiger partial charge in [-0.25, -0.2) is 0 Å². The van der Waals surface area contributed by atoms with E-state index in [0.29, 0.717) is 24.2 Å². The molecule has 2 aliphatic heterocycles. The summed E-state index contributed by atoms with van der Waals surface area (Å²) in [4.78, 5) is 30.7. The van der Waals surface area contributed by atoms with Crippen molar-refractivity contribution in [3.05, 3.63) is 59.7 Å². The molecule has 7 nitrogen and oxygen atoms in total. The normalized spacial score (nSPS) is 22.0. The third kappa shape index (κ3) is 2.97. The van der Waals surface area contributed by atoms with Gasteiger partial charge in [0, 0.05) is 25.2 Å². The van der Waals surface area contributed by atoms with Crippen LogP contribution in [0.3, 0.4) is 0 Å². The average Bonchev–Trinajstić information content (AvgIpc) is 3.39. The lowest BCUT2D eigenvalue weighted by molar-refractivity contribution is -0.146. The van der Waals surface area contributed by atoms with Crippen LogP contribution in [0.2, 0.25) is 0 Å². The van der Waals surface area contributed by atoms with Gasteiger partial charge in [-0.15, -0.1) is 0 Å². The van der Waals surface area contributed by atoms with Gasteiger partial charge in [0.1, 0.15) is 16.6 Å². The van der Waals surface area contributed by atoms with Gasteiger partial charge in [-0.1, -0.05) is 30.3 Å². The molecule has 1 aromatic heterocycles. The number of benzene rings is 2. The Labute approximate surface area is 168 Å². The van der Waals surface area contributed by atoms with Crippen LogP contribution in [0, 0.1) is 0 Å². The Morgan fingerprint density at radius 3 is 2.59 bits per heavy atom. The van der Waals surface area contributed by atoms with Gasteiger partial charge in [0.25, 0.3) is 5.91 Å². The predicted octanol–water partition coefficient (Wildman–Crippen LogP) is 2.76. The summed E-state index contributed by atoms with van der Waals surface area (Å²) in [6, 6.07) is 15.4. The highest BCUT2D eigenvalue weighted by Crippen LogP contribution is 2.39. The van der Waals surface area contributed by atoms with E-state index in [-0.39, 0.29) is 11.8 Å². The number of nitrogens with zero attached hydrogens (tertiary/aromatic N) is 4. The van der Waals surface area contributed by atoms with Crippen molar-refractivity contribution in [3.63, 3.8) is 0 Å². The molecule has 2 aliphatic rings. The van der Waals surface area contributed by atoms with Crippen LogP contribution < -0.4 is 0 Å². The van der Waals surface area contributed by atoms with E-state index in [4.69, 9.17) is 0 Å². The number of carbonyl (C=O) groups is 2. The summed E-state index contributed by atoms with van der Waals surface area (Å²) in [6.07, 6.45) is 3.22. The zero-order chi connectivity index (χ0) is 19.8. The fraction of sp³-hybridized carbons (Fsp3) is 0.364. The second-order valence-corrected chi connectivity index (χ2v) is 7.93. The summed E-state index contributed by atoms with van der Waals surface area (Å²) in [5.74, 6) is -0.0109. The summed E-state index contributed by atoms with van der Waals surface area (Å²) in [5.41, 5.74) is 2.33. The standard InChI is InChI=1S/C22H23N5O2/c28-20(17-8-9-18-19(14-17)24-25-23-18)27-13-5-11-22(27)10-4-12-26(21(22)29)15-16-6-2-1-3-7-16/h1-3,6-9,14H,4-5,10-13,15H2,(H,23,24,25). The molecular weight excluding hydrogens is 366 g/mol. The Balaban J connectivity index is 1.43. The predicted molar refractivity (Wildman–Crippen MR) is 108 cm³/mol. The minimum atomic E-state index is -0.719. The number of hydrogen-bond acceptors (Lipinski definition) is 4. The quantitative estimate of drug-likeness (QED) is 0.747. The first-order chi connectivity index (χ1) is 14.2. The number of aromatic nitrogens is 3. The van der Waals surface area contributed by atoms with Crippen LogP contribution in [-0.4, -0.2) is 55.7 Å². The van der Waals surface area contributed by atoms with Gasteiger partial charge in [0.05, 0.1) is 0 Å². The highest BCUT2D eigenvalue weighted by molar-refractivity contribution is 6.01. The molecule has 2 saturated heterocycles. The minimum Gasteiger partial charge on any atom is -0.336 e. The van der Waals surface area contributed by atoms with Gasteiger partial charge < -0.3 is 9.80 Å². The molecule has 0 saturated carbocycles. The van der Waals surface area contributed by atoms with Crippen molar-refractivity contribution in [2.45, 2.75) is 37.8 Å². The van der Waals surface area contributed by atoms with Crippen LogP contribution >= 0.6 is 0 Å². The second-order valence-electron chi connectivity index (χ2n) is 7.93. The monoisotopic (exact) mass is 389 g/mol. The number of piperidine rings is 1. The van der Waals surface area contributed by atoms with E-state index < -0.39 is 5.54 Å². The van der Waals surface area contributed by atoms with Crippen LogP contribution in [0.1, 0.15) is 41.6 Å². The molecule has 1 N–H and O–H groups in total. The van der Waals surface area contributed by atoms with Gasteiger partial charge in [-0.2, -0.15) is 15.4 Å². The van der Waals surface area contributed by atoms with Crippen molar-refractivity contribution in [2.75, 3.05) is 13.1 Å². The fourth-order valence-corrected chi connectivity index (χ4v) is 4.81. The van der Waals surface area contributed by atoms with Crippen LogP contribution in [0.5, 0.6) is 0 Å². The molecule has 5 rings (SSSR count). The van der Waals surface area contributed by atoms with Gasteiger partial charge in [0.15, 0.2) is 0 Å². The molecule has 0 bridgehead atoms. The first kappa shape index (κ1) is 17.8. The summed E-state index contributed by atoms with van der Waals surface area (Å²) < 4.78 is 0. The lowest BCUT2D eigenvalue weighted by Crippen LogP contribution is -2.61. The fourth-order valence-electron chi connectivity index (χ4n) is 4.81. The van der Waals surface area contributed by atoms with Crippen molar-refractivity contribution < 1.29 is 9.59 Å². The molecule has 0 aliphatic carbocycles. The SMILES string of the molecule is O=C(c1ccc2n[nH]nc2c1)N1CCCC12CCCN(Cc1ccccc1)C2=O. The summed E-state index contributed by atoms with van der Waals surface area (Å²) in [5, 5.41) is 10.7. The number of aromatic amines is 1. The Hall–Kier alpha value is -3.22. The van der Waals surface area contributed by atoms with E-state index in [2.05, 4.69) is 15.4 Å². The smallest absolute Gasteiger partial charge is 0.254 e. The summed E-state index contributed by atoms with van der Waals surface area (Å²) in [6.45, 7) is 1.94. The second kappa shape index (κ2) is 6.99. The number of nitrogens with one attached hydrogen (secondary N) is 1. The molecular formula is C22H23N5O2. The molecule has 0 radical (unpaired) electrons. The summed E-state index contributed by atoms with van der Waals surface area (Å²) in [7, 11) is 0. The van der Waals surface area contributed by atoms with Crippen LogP contribution in [-0.2, 0) is 11.3 Å². The van der Waals surface area contributed by atoms with Crippen molar-refractivity contribution in [3.8, 4) is 0 Å². The van der Waals surface area contributed by atoms with Crippen molar-refractivity contribution in [2.24, 2.45) is 0 Å². The maximum Gasteiger partial charge on any atom is 0.254 e. The molecule has 2 fully saturated rings. The Morgan fingerprint density at radius 1 is 1.00 bits per heavy atom. The molecule has 7 heteroatoms. The molecule has 1 atom stereocenters. The topological polar surface area (TPSA) is 82.2 Å². The van der Waals surface area contributed by atoms with Crippen LogP contribution in [0.4, 0.5) is 0 Å². The number of carbonyl (C=O) groups excluding carboxylic acids is 2. The van der Waals surface area contributed by atoms with Crippen LogP contribution in [0.25, 0.3) is 11.0 Å². The Kier molecular flexibility index (Phi) is 4.30. The minimum absolute atomic E-state index is 0.0842. The first-order valence-corrected chi connectivity index (χ1v) is 10.1. The van der Waals surface area contributed by atoms with Gasteiger partial charge in [0.2, 0.25) is 5.91 Å². The van der Waals surface area contributed by atoms with Gasteiger partial charge >= 0.3 is 0 Å². The number of hydrogen-bond donors (Lipinski definition) is 1. The van der Waals surface area contributed by atoms with E-state index in [1.807, 2.05) is 40.1 Å². The molecule has 3 aromatic rings. The number of rotatable bonds is 3. The number of likely N-dealkylation sites (tertiary alicyclic amines) is 2. The lowest BCUT2D eigenvalue weighted by atomic mass is 9.84. The van der Waals surface area contributed by atoms with E-state index in [0.717, 1.165) is 43.3 Å². The largest absolute Gasteiger partial charge is 0.336 e. The van der Waals surface area contributed by atoms with Crippen molar-refractivity contribution in [1.82, 2.24) is 25.2 Å².